The highest BCUT2D eigenvalue weighted by molar-refractivity contribution is 9.10. The molecule has 0 fully saturated rings. The molecule has 35 heavy (non-hydrogen) atoms. The zero-order chi connectivity index (χ0) is 25.5. The SMILES string of the molecule is Cc1cc(C(F)(F)F)nc2sc(C(N)=O)c(NC(=O)c3ccn(COc4ccc(Br)cc4Cl)n3)c12. The van der Waals surface area contributed by atoms with E-state index in [9.17, 15) is 22.8 Å². The maximum absolute atomic E-state index is 13.2. The van der Waals surface area contributed by atoms with Gasteiger partial charge in [0.05, 0.1) is 10.7 Å². The number of rotatable bonds is 6. The van der Waals surface area contributed by atoms with Crippen LogP contribution >= 0.6 is 38.9 Å². The molecule has 0 atom stereocenters. The van der Waals surface area contributed by atoms with Crippen molar-refractivity contribution < 1.29 is 27.5 Å². The van der Waals surface area contributed by atoms with Crippen LogP contribution < -0.4 is 15.8 Å². The van der Waals surface area contributed by atoms with Crippen LogP contribution in [0.1, 0.15) is 31.4 Å². The Morgan fingerprint density at radius 2 is 2.03 bits per heavy atom. The molecule has 4 rings (SSSR count). The molecule has 1 aromatic carbocycles. The van der Waals surface area contributed by atoms with Gasteiger partial charge in [0.1, 0.15) is 21.2 Å². The van der Waals surface area contributed by atoms with Crippen molar-refractivity contribution in [2.75, 3.05) is 5.32 Å². The summed E-state index contributed by atoms with van der Waals surface area (Å²) in [4.78, 5) is 28.2. The average Bonchev–Trinajstić information content (AvgIpc) is 3.38. The molecule has 8 nitrogen and oxygen atoms in total. The lowest BCUT2D eigenvalue weighted by Gasteiger charge is -2.09. The number of hydrogen-bond donors (Lipinski definition) is 2. The van der Waals surface area contributed by atoms with Crippen molar-refractivity contribution in [1.29, 1.82) is 0 Å². The number of primary amides is 1. The minimum absolute atomic E-state index is 0.0198. The number of nitrogens with zero attached hydrogens (tertiary/aromatic N) is 3. The number of hydrogen-bond acceptors (Lipinski definition) is 6. The molecule has 3 N–H and O–H groups in total. The van der Waals surface area contributed by atoms with Crippen LogP contribution in [0.3, 0.4) is 0 Å². The maximum atomic E-state index is 13.2. The van der Waals surface area contributed by atoms with Crippen molar-refractivity contribution in [3.05, 3.63) is 67.9 Å². The van der Waals surface area contributed by atoms with Gasteiger partial charge in [0.2, 0.25) is 0 Å². The Bertz CT molecular complexity index is 1470. The second kappa shape index (κ2) is 9.47. The van der Waals surface area contributed by atoms with E-state index in [0.717, 1.165) is 10.5 Å². The van der Waals surface area contributed by atoms with E-state index in [1.165, 1.54) is 23.9 Å². The van der Waals surface area contributed by atoms with Gasteiger partial charge < -0.3 is 15.8 Å². The molecule has 14 heteroatoms. The smallest absolute Gasteiger partial charge is 0.433 e. The number of anilines is 1. The van der Waals surface area contributed by atoms with Gasteiger partial charge in [-0.25, -0.2) is 9.67 Å². The Balaban J connectivity index is 1.58. The number of benzene rings is 1. The van der Waals surface area contributed by atoms with Gasteiger partial charge in [-0.05, 0) is 42.8 Å². The number of nitrogens with one attached hydrogen (secondary N) is 1. The van der Waals surface area contributed by atoms with E-state index >= 15 is 0 Å². The minimum Gasteiger partial charge on any atom is -0.470 e. The summed E-state index contributed by atoms with van der Waals surface area (Å²) in [5.74, 6) is -1.21. The van der Waals surface area contributed by atoms with Crippen LogP contribution in [-0.2, 0) is 12.9 Å². The van der Waals surface area contributed by atoms with Gasteiger partial charge in [-0.15, -0.1) is 11.3 Å². The number of carbonyl (C=O) groups excluding carboxylic acids is 2. The van der Waals surface area contributed by atoms with Gasteiger partial charge in [-0.1, -0.05) is 27.5 Å². The number of alkyl halides is 3. The number of nitrogens with two attached hydrogens (primary N) is 1. The molecule has 0 aliphatic heterocycles. The van der Waals surface area contributed by atoms with E-state index in [2.05, 4.69) is 31.3 Å². The van der Waals surface area contributed by atoms with E-state index in [4.69, 9.17) is 22.1 Å². The number of aryl methyl sites for hydroxylation is 1. The maximum Gasteiger partial charge on any atom is 0.433 e. The summed E-state index contributed by atoms with van der Waals surface area (Å²) in [5.41, 5.74) is 4.43. The molecular weight excluding hydrogens is 575 g/mol. The summed E-state index contributed by atoms with van der Waals surface area (Å²) in [5, 5.41) is 7.24. The van der Waals surface area contributed by atoms with Gasteiger partial charge in [-0.3, -0.25) is 9.59 Å². The van der Waals surface area contributed by atoms with Crippen molar-refractivity contribution >= 4 is 66.6 Å². The lowest BCUT2D eigenvalue weighted by Crippen LogP contribution is -2.18. The molecule has 3 aromatic heterocycles. The molecular formula is C21H14BrClF3N5O3S. The minimum atomic E-state index is -4.67. The molecule has 0 bridgehead atoms. The summed E-state index contributed by atoms with van der Waals surface area (Å²) in [6, 6.07) is 7.33. The first-order valence-electron chi connectivity index (χ1n) is 9.68. The Labute approximate surface area is 213 Å². The predicted octanol–water partition coefficient (Wildman–Crippen LogP) is 5.62. The zero-order valence-corrected chi connectivity index (χ0v) is 20.8. The largest absolute Gasteiger partial charge is 0.470 e. The zero-order valence-electron chi connectivity index (χ0n) is 17.6. The van der Waals surface area contributed by atoms with Crippen molar-refractivity contribution in [2.24, 2.45) is 5.73 Å². The number of aromatic nitrogens is 3. The van der Waals surface area contributed by atoms with Crippen molar-refractivity contribution in [3.8, 4) is 5.75 Å². The third kappa shape index (κ3) is 5.26. The summed E-state index contributed by atoms with van der Waals surface area (Å²) in [7, 11) is 0. The Kier molecular flexibility index (Phi) is 6.75. The van der Waals surface area contributed by atoms with Crippen LogP contribution in [0.2, 0.25) is 5.02 Å². The van der Waals surface area contributed by atoms with Crippen LogP contribution in [0.15, 0.2) is 41.0 Å². The number of fused-ring (bicyclic) bond motifs is 1. The fourth-order valence-electron chi connectivity index (χ4n) is 3.18. The number of ether oxygens (including phenoxy) is 1. The van der Waals surface area contributed by atoms with Gasteiger partial charge in [-0.2, -0.15) is 18.3 Å². The molecule has 0 spiro atoms. The monoisotopic (exact) mass is 587 g/mol. The fourth-order valence-corrected chi connectivity index (χ4v) is 4.97. The second-order valence-corrected chi connectivity index (χ2v) is 9.54. The van der Waals surface area contributed by atoms with E-state index in [-0.39, 0.29) is 38.8 Å². The van der Waals surface area contributed by atoms with E-state index in [1.807, 2.05) is 0 Å². The molecule has 0 aliphatic rings. The Morgan fingerprint density at radius 1 is 1.29 bits per heavy atom. The fraction of sp³-hybridized carbons (Fsp3) is 0.143. The molecule has 0 unspecified atom stereocenters. The molecule has 0 saturated carbocycles. The first-order chi connectivity index (χ1) is 16.4. The molecule has 4 aromatic rings. The standard InChI is InChI=1S/C21H14BrClF3N5O3S/c1-9-6-14(21(24,25)26)28-20-15(9)16(17(35-20)18(27)32)29-19(33)12-4-5-31(30-12)8-34-13-3-2-10(22)7-11(13)23/h2-7H,8H2,1H3,(H2,27,32)(H,29,33). The van der Waals surface area contributed by atoms with Crippen LogP contribution in [-0.4, -0.2) is 26.6 Å². The highest BCUT2D eigenvalue weighted by Crippen LogP contribution is 2.39. The Hall–Kier alpha value is -3.16. The van der Waals surface area contributed by atoms with Crippen molar-refractivity contribution in [3.63, 3.8) is 0 Å². The summed E-state index contributed by atoms with van der Waals surface area (Å²) in [6.45, 7) is 1.37. The van der Waals surface area contributed by atoms with Crippen LogP contribution in [0.4, 0.5) is 18.9 Å². The molecule has 3 heterocycles. The van der Waals surface area contributed by atoms with Gasteiger partial charge in [0, 0.05) is 16.1 Å². The number of pyridine rings is 1. The average molecular weight is 589 g/mol. The normalized spacial score (nSPS) is 11.6. The second-order valence-electron chi connectivity index (χ2n) is 7.22. The molecule has 2 amide bonds. The lowest BCUT2D eigenvalue weighted by molar-refractivity contribution is -0.141. The number of halogens is 5. The third-order valence-electron chi connectivity index (χ3n) is 4.73. The van der Waals surface area contributed by atoms with E-state index in [1.54, 1.807) is 18.2 Å². The van der Waals surface area contributed by atoms with Gasteiger partial charge in [0.25, 0.3) is 11.8 Å². The molecule has 0 saturated heterocycles. The van der Waals surface area contributed by atoms with Gasteiger partial charge >= 0.3 is 6.18 Å². The molecule has 0 radical (unpaired) electrons. The van der Waals surface area contributed by atoms with Crippen molar-refractivity contribution in [2.45, 2.75) is 19.8 Å². The molecule has 182 valence electrons. The van der Waals surface area contributed by atoms with E-state index in [0.29, 0.717) is 22.1 Å². The number of thiophene rings is 1. The summed E-state index contributed by atoms with van der Waals surface area (Å²) >= 11 is 10.1. The first-order valence-corrected chi connectivity index (χ1v) is 11.7. The third-order valence-corrected chi connectivity index (χ3v) is 6.62. The summed E-state index contributed by atoms with van der Waals surface area (Å²) < 4.78 is 47.2. The quantitative estimate of drug-likeness (QED) is 0.304. The van der Waals surface area contributed by atoms with Crippen molar-refractivity contribution in [1.82, 2.24) is 14.8 Å². The topological polar surface area (TPSA) is 112 Å². The molecule has 0 aliphatic carbocycles. The highest BCUT2D eigenvalue weighted by Gasteiger charge is 2.34. The van der Waals surface area contributed by atoms with Gasteiger partial charge in [0.15, 0.2) is 12.4 Å². The first kappa shape index (κ1) is 24.9. The van der Waals surface area contributed by atoms with E-state index < -0.39 is 23.7 Å². The lowest BCUT2D eigenvalue weighted by atomic mass is 10.1. The van der Waals surface area contributed by atoms with Crippen LogP contribution in [0, 0.1) is 6.92 Å². The number of amides is 2. The highest BCUT2D eigenvalue weighted by atomic mass is 79.9. The summed E-state index contributed by atoms with van der Waals surface area (Å²) in [6.07, 6.45) is -3.18. The predicted molar refractivity (Wildman–Crippen MR) is 128 cm³/mol. The Morgan fingerprint density at radius 3 is 2.69 bits per heavy atom. The number of carbonyl (C=O) groups is 2. The van der Waals surface area contributed by atoms with Crippen LogP contribution in [0.5, 0.6) is 5.75 Å². The van der Waals surface area contributed by atoms with Crippen LogP contribution in [0.25, 0.3) is 10.2 Å².